The van der Waals surface area contributed by atoms with Gasteiger partial charge in [0.25, 0.3) is 0 Å². The van der Waals surface area contributed by atoms with Crippen LogP contribution in [0.3, 0.4) is 0 Å². The minimum absolute atomic E-state index is 0.0904. The average molecular weight is 356 g/mol. The molecule has 0 spiro atoms. The summed E-state index contributed by atoms with van der Waals surface area (Å²) in [5.74, 6) is 0.742. The minimum Gasteiger partial charge on any atom is -0.294 e. The molecule has 4 heteroatoms. The number of Topliss-reactive ketones (excluding diaryl/α,β-unsaturated/α-hetero) is 2. The molecule has 0 radical (unpaired) electrons. The van der Waals surface area contributed by atoms with Crippen molar-refractivity contribution in [1.29, 1.82) is 0 Å². The van der Waals surface area contributed by atoms with Crippen LogP contribution < -0.4 is 0 Å². The van der Waals surface area contributed by atoms with E-state index in [-0.39, 0.29) is 11.6 Å². The zero-order chi connectivity index (χ0) is 18.6. The van der Waals surface area contributed by atoms with Crippen LogP contribution in [0, 0.1) is 0 Å². The highest BCUT2D eigenvalue weighted by molar-refractivity contribution is 5.97. The Bertz CT molecular complexity index is 979. The van der Waals surface area contributed by atoms with Crippen molar-refractivity contribution >= 4 is 11.6 Å². The van der Waals surface area contributed by atoms with Crippen molar-refractivity contribution in [1.82, 2.24) is 9.97 Å². The number of fused-ring (bicyclic) bond motifs is 1. The fourth-order valence-corrected chi connectivity index (χ4v) is 3.38. The maximum absolute atomic E-state index is 12.4. The number of rotatable bonds is 5. The molecule has 1 heterocycles. The number of carbonyl (C=O) groups is 2. The lowest BCUT2D eigenvalue weighted by atomic mass is 9.96. The van der Waals surface area contributed by atoms with E-state index in [1.165, 1.54) is 0 Å². The Morgan fingerprint density at radius 3 is 2.52 bits per heavy atom. The summed E-state index contributed by atoms with van der Waals surface area (Å²) in [5.41, 5.74) is 4.14. The van der Waals surface area contributed by atoms with Gasteiger partial charge in [-0.3, -0.25) is 9.59 Å². The Balaban J connectivity index is 1.48. The first kappa shape index (κ1) is 17.3. The molecule has 0 fully saturated rings. The van der Waals surface area contributed by atoms with Gasteiger partial charge in [-0.2, -0.15) is 0 Å². The Morgan fingerprint density at radius 1 is 0.963 bits per heavy atom. The first-order chi connectivity index (χ1) is 13.2. The number of hydrogen-bond donors (Lipinski definition) is 0. The lowest BCUT2D eigenvalue weighted by Crippen LogP contribution is -2.14. The average Bonchev–Trinajstić information content (AvgIpc) is 2.73. The van der Waals surface area contributed by atoms with E-state index < -0.39 is 0 Å². The third-order valence-electron chi connectivity index (χ3n) is 4.93. The van der Waals surface area contributed by atoms with Gasteiger partial charge in [0.2, 0.25) is 0 Å². The van der Waals surface area contributed by atoms with E-state index in [1.54, 1.807) is 6.20 Å². The van der Waals surface area contributed by atoms with Crippen molar-refractivity contribution in [2.45, 2.75) is 32.1 Å². The first-order valence-electron chi connectivity index (χ1n) is 9.27. The monoisotopic (exact) mass is 356 g/mol. The molecule has 0 unspecified atom stereocenters. The number of ketones is 2. The predicted octanol–water partition coefficient (Wildman–Crippen LogP) is 4.48. The molecule has 1 aliphatic carbocycles. The Hall–Kier alpha value is -3.14. The number of hydrogen-bond acceptors (Lipinski definition) is 4. The van der Waals surface area contributed by atoms with E-state index in [4.69, 9.17) is 0 Å². The van der Waals surface area contributed by atoms with Crippen molar-refractivity contribution in [3.8, 4) is 11.4 Å². The Kier molecular flexibility index (Phi) is 4.88. The normalized spacial score (nSPS) is 13.3. The fraction of sp³-hybridized carbons (Fsp3) is 0.217. The second-order valence-electron chi connectivity index (χ2n) is 6.83. The van der Waals surface area contributed by atoms with E-state index >= 15 is 0 Å². The van der Waals surface area contributed by atoms with Gasteiger partial charge in [0.1, 0.15) is 5.69 Å². The molecule has 27 heavy (non-hydrogen) atoms. The second kappa shape index (κ2) is 7.62. The maximum atomic E-state index is 12.4. The summed E-state index contributed by atoms with van der Waals surface area (Å²) in [5, 5.41) is 0. The molecular weight excluding hydrogens is 336 g/mol. The highest BCUT2D eigenvalue weighted by Crippen LogP contribution is 2.23. The number of nitrogens with zero attached hydrogens (tertiary/aromatic N) is 2. The number of aryl methyl sites for hydroxylation is 2. The molecule has 0 aliphatic heterocycles. The highest BCUT2D eigenvalue weighted by Gasteiger charge is 2.20. The van der Waals surface area contributed by atoms with E-state index in [0.717, 1.165) is 36.0 Å². The highest BCUT2D eigenvalue weighted by atomic mass is 16.1. The zero-order valence-electron chi connectivity index (χ0n) is 15.0. The molecular formula is C23H20N2O2. The molecule has 0 amide bonds. The third kappa shape index (κ3) is 3.85. The lowest BCUT2D eigenvalue weighted by molar-refractivity contribution is 0.0964. The lowest BCUT2D eigenvalue weighted by Gasteiger charge is -2.13. The molecule has 0 bridgehead atoms. The molecule has 0 N–H and O–H groups in total. The molecule has 3 aromatic rings. The summed E-state index contributed by atoms with van der Waals surface area (Å²) in [6, 6.07) is 17.3. The van der Waals surface area contributed by atoms with Gasteiger partial charge >= 0.3 is 0 Å². The van der Waals surface area contributed by atoms with E-state index in [9.17, 15) is 9.59 Å². The standard InChI is InChI=1S/C23H20N2O2/c26-20(14-9-16-5-2-1-3-6-16)17-10-12-18(13-11-17)23-24-15-19-7-4-8-21(27)22(19)25-23/h1-3,5-6,10-13,15H,4,7-9,14H2. The molecule has 4 nitrogen and oxygen atoms in total. The van der Waals surface area contributed by atoms with E-state index in [0.29, 0.717) is 29.9 Å². The molecule has 0 atom stereocenters. The first-order valence-corrected chi connectivity index (χ1v) is 9.27. The summed E-state index contributed by atoms with van der Waals surface area (Å²) in [7, 11) is 0. The fourth-order valence-electron chi connectivity index (χ4n) is 3.38. The topological polar surface area (TPSA) is 59.9 Å². The Morgan fingerprint density at radius 2 is 1.74 bits per heavy atom. The SMILES string of the molecule is O=C(CCc1ccccc1)c1ccc(-c2ncc3c(n2)C(=O)CCC3)cc1. The molecule has 2 aromatic carbocycles. The van der Waals surface area contributed by atoms with Crippen LogP contribution in [0.1, 0.15) is 51.2 Å². The van der Waals surface area contributed by atoms with Crippen molar-refractivity contribution in [2.24, 2.45) is 0 Å². The summed E-state index contributed by atoms with van der Waals surface area (Å²) in [4.78, 5) is 33.4. The quantitative estimate of drug-likeness (QED) is 0.633. The molecule has 4 rings (SSSR count). The van der Waals surface area contributed by atoms with Crippen molar-refractivity contribution in [3.05, 3.63) is 83.2 Å². The van der Waals surface area contributed by atoms with E-state index in [1.807, 2.05) is 54.6 Å². The van der Waals surface area contributed by atoms with Gasteiger partial charge in [-0.1, -0.05) is 54.6 Å². The number of benzene rings is 2. The predicted molar refractivity (Wildman–Crippen MR) is 104 cm³/mol. The van der Waals surface area contributed by atoms with Gasteiger partial charge < -0.3 is 0 Å². The van der Waals surface area contributed by atoms with Gasteiger partial charge in [-0.15, -0.1) is 0 Å². The van der Waals surface area contributed by atoms with Crippen LogP contribution in [0.25, 0.3) is 11.4 Å². The third-order valence-corrected chi connectivity index (χ3v) is 4.93. The Labute approximate surface area is 158 Å². The molecule has 1 aliphatic rings. The summed E-state index contributed by atoms with van der Waals surface area (Å²) < 4.78 is 0. The summed E-state index contributed by atoms with van der Waals surface area (Å²) in [6.45, 7) is 0. The second-order valence-corrected chi connectivity index (χ2v) is 6.83. The van der Waals surface area contributed by atoms with Gasteiger partial charge in [-0.25, -0.2) is 9.97 Å². The summed E-state index contributed by atoms with van der Waals surface area (Å²) in [6.07, 6.45) is 5.25. The zero-order valence-corrected chi connectivity index (χ0v) is 15.0. The van der Waals surface area contributed by atoms with Gasteiger partial charge in [-0.05, 0) is 30.4 Å². The van der Waals surface area contributed by atoms with Crippen LogP contribution in [-0.4, -0.2) is 21.5 Å². The number of aromatic nitrogens is 2. The van der Waals surface area contributed by atoms with Gasteiger partial charge in [0.15, 0.2) is 17.4 Å². The van der Waals surface area contributed by atoms with Crippen LogP contribution in [0.5, 0.6) is 0 Å². The minimum atomic E-state index is 0.0904. The largest absolute Gasteiger partial charge is 0.294 e. The van der Waals surface area contributed by atoms with Crippen molar-refractivity contribution < 1.29 is 9.59 Å². The van der Waals surface area contributed by atoms with Crippen LogP contribution >= 0.6 is 0 Å². The smallest absolute Gasteiger partial charge is 0.181 e. The number of carbonyl (C=O) groups excluding carboxylic acids is 2. The molecule has 134 valence electrons. The van der Waals surface area contributed by atoms with Crippen LogP contribution in [-0.2, 0) is 12.8 Å². The maximum Gasteiger partial charge on any atom is 0.181 e. The van der Waals surface area contributed by atoms with Crippen molar-refractivity contribution in [2.75, 3.05) is 0 Å². The van der Waals surface area contributed by atoms with Crippen LogP contribution in [0.4, 0.5) is 0 Å². The molecule has 0 saturated carbocycles. The van der Waals surface area contributed by atoms with Crippen LogP contribution in [0.15, 0.2) is 60.8 Å². The van der Waals surface area contributed by atoms with Gasteiger partial charge in [0, 0.05) is 30.2 Å². The van der Waals surface area contributed by atoms with Crippen LogP contribution in [0.2, 0.25) is 0 Å². The van der Waals surface area contributed by atoms with E-state index in [2.05, 4.69) is 9.97 Å². The molecule has 1 aromatic heterocycles. The summed E-state index contributed by atoms with van der Waals surface area (Å²) >= 11 is 0. The van der Waals surface area contributed by atoms with Crippen molar-refractivity contribution in [3.63, 3.8) is 0 Å². The molecule has 0 saturated heterocycles. The van der Waals surface area contributed by atoms with Gasteiger partial charge in [0.05, 0.1) is 0 Å².